The van der Waals surface area contributed by atoms with Crippen LogP contribution in [0.25, 0.3) is 0 Å². The number of nitrogens with zero attached hydrogens (tertiary/aromatic N) is 1. The molecular weight excluding hydrogens is 606 g/mol. The minimum Gasteiger partial charge on any atom is -0.443 e. The Kier molecular flexibility index (Phi) is 8.77. The number of urea groups is 1. The van der Waals surface area contributed by atoms with Gasteiger partial charge >= 0.3 is 12.1 Å². The van der Waals surface area contributed by atoms with Gasteiger partial charge in [-0.05, 0) is 92.1 Å². The highest BCUT2D eigenvalue weighted by Crippen LogP contribution is 2.30. The zero-order valence-corrected chi connectivity index (χ0v) is 22.7. The smallest absolute Gasteiger partial charge is 0.427 e. The number of carbonyl (C=O) groups is 4. The lowest BCUT2D eigenvalue weighted by molar-refractivity contribution is -0.122. The highest BCUT2D eigenvalue weighted by atomic mass is 127. The molecule has 0 aliphatic heterocycles. The van der Waals surface area contributed by atoms with Crippen LogP contribution in [-0.4, -0.2) is 29.5 Å². The van der Waals surface area contributed by atoms with Crippen LogP contribution in [0.1, 0.15) is 49.5 Å². The third kappa shape index (κ3) is 7.79. The van der Waals surface area contributed by atoms with Crippen LogP contribution >= 0.6 is 34.2 Å². The number of hydrogen-bond donors (Lipinski definition) is 3. The first-order chi connectivity index (χ1) is 16.8. The molecule has 36 heavy (non-hydrogen) atoms. The molecule has 2 aromatic rings. The van der Waals surface area contributed by atoms with Crippen molar-refractivity contribution in [3.8, 4) is 0 Å². The molecule has 5 amide bonds. The molecule has 0 unspecified atom stereocenters. The van der Waals surface area contributed by atoms with Crippen molar-refractivity contribution in [2.24, 2.45) is 5.92 Å². The normalized spacial score (nSPS) is 12.9. The lowest BCUT2D eigenvalue weighted by Gasteiger charge is -2.27. The van der Waals surface area contributed by atoms with E-state index in [1.807, 2.05) is 22.6 Å². The van der Waals surface area contributed by atoms with Gasteiger partial charge in [-0.1, -0.05) is 17.7 Å². The second-order valence-electron chi connectivity index (χ2n) is 9.11. The summed E-state index contributed by atoms with van der Waals surface area (Å²) in [6, 6.07) is 7.39. The molecule has 1 aliphatic carbocycles. The Bertz CT molecular complexity index is 1200. The first-order valence-corrected chi connectivity index (χ1v) is 12.5. The molecule has 3 N–H and O–H groups in total. The number of halogens is 3. The summed E-state index contributed by atoms with van der Waals surface area (Å²) in [6.07, 6.45) is 0.704. The Morgan fingerprint density at radius 2 is 1.83 bits per heavy atom. The van der Waals surface area contributed by atoms with Crippen molar-refractivity contribution in [2.75, 3.05) is 5.01 Å². The molecule has 0 aromatic heterocycles. The van der Waals surface area contributed by atoms with E-state index < -0.39 is 29.4 Å². The molecule has 0 atom stereocenters. The number of carbonyl (C=O) groups excluding carboxylic acids is 4. The van der Waals surface area contributed by atoms with Gasteiger partial charge in [0.05, 0.1) is 16.3 Å². The van der Waals surface area contributed by atoms with Crippen molar-refractivity contribution in [3.63, 3.8) is 0 Å². The van der Waals surface area contributed by atoms with Gasteiger partial charge in [-0.2, -0.15) is 5.01 Å². The van der Waals surface area contributed by atoms with Crippen LogP contribution < -0.4 is 21.1 Å². The molecule has 0 spiro atoms. The van der Waals surface area contributed by atoms with Crippen molar-refractivity contribution < 1.29 is 28.3 Å². The minimum atomic E-state index is -1.11. The number of benzene rings is 2. The van der Waals surface area contributed by atoms with Crippen molar-refractivity contribution in [1.29, 1.82) is 0 Å². The summed E-state index contributed by atoms with van der Waals surface area (Å²) < 4.78 is 20.1. The van der Waals surface area contributed by atoms with Gasteiger partial charge in [0.15, 0.2) is 0 Å². The summed E-state index contributed by atoms with van der Waals surface area (Å²) in [5, 5.41) is 5.61. The molecule has 1 saturated carbocycles. The summed E-state index contributed by atoms with van der Waals surface area (Å²) in [6.45, 7) is 5.07. The molecule has 0 saturated heterocycles. The van der Waals surface area contributed by atoms with Gasteiger partial charge in [0.25, 0.3) is 5.91 Å². The predicted octanol–water partition coefficient (Wildman–Crippen LogP) is 4.91. The van der Waals surface area contributed by atoms with E-state index in [1.54, 1.807) is 26.8 Å². The largest absolute Gasteiger partial charge is 0.443 e. The quantitative estimate of drug-likeness (QED) is 0.321. The molecular formula is C24H25ClFIN4O5. The highest BCUT2D eigenvalue weighted by Gasteiger charge is 2.30. The second kappa shape index (κ2) is 11.4. The van der Waals surface area contributed by atoms with Crippen molar-refractivity contribution in [3.05, 3.63) is 61.9 Å². The maximum absolute atomic E-state index is 14.3. The van der Waals surface area contributed by atoms with Crippen LogP contribution in [0.5, 0.6) is 0 Å². The number of nitrogens with one attached hydrogen (secondary N) is 3. The Hall–Kier alpha value is -2.93. The molecule has 2 aromatic carbocycles. The fourth-order valence-electron chi connectivity index (χ4n) is 3.03. The molecule has 192 valence electrons. The monoisotopic (exact) mass is 630 g/mol. The van der Waals surface area contributed by atoms with Crippen LogP contribution in [0.15, 0.2) is 36.4 Å². The van der Waals surface area contributed by atoms with E-state index in [9.17, 15) is 23.6 Å². The molecule has 12 heteroatoms. The number of hydrazine groups is 1. The minimum absolute atomic E-state index is 0.00841. The summed E-state index contributed by atoms with van der Waals surface area (Å²) in [5.41, 5.74) is 1.62. The van der Waals surface area contributed by atoms with Gasteiger partial charge in [0.2, 0.25) is 5.91 Å². The number of ether oxygens (including phenoxy) is 1. The Morgan fingerprint density at radius 3 is 2.44 bits per heavy atom. The molecule has 0 radical (unpaired) electrons. The summed E-state index contributed by atoms with van der Waals surface area (Å²) in [5.74, 6) is -1.89. The Labute approximate surface area is 226 Å². The predicted molar refractivity (Wildman–Crippen MR) is 140 cm³/mol. The zero-order chi connectivity index (χ0) is 26.6. The zero-order valence-electron chi connectivity index (χ0n) is 19.8. The van der Waals surface area contributed by atoms with E-state index >= 15 is 0 Å². The summed E-state index contributed by atoms with van der Waals surface area (Å²) in [7, 11) is 0. The van der Waals surface area contributed by atoms with Gasteiger partial charge in [-0.25, -0.2) is 19.4 Å². The van der Waals surface area contributed by atoms with E-state index in [0.29, 0.717) is 14.1 Å². The number of hydrogen-bond acceptors (Lipinski definition) is 5. The topological polar surface area (TPSA) is 117 Å². The first kappa shape index (κ1) is 27.7. The van der Waals surface area contributed by atoms with E-state index in [1.165, 1.54) is 24.3 Å². The van der Waals surface area contributed by atoms with Gasteiger partial charge < -0.3 is 10.1 Å². The van der Waals surface area contributed by atoms with E-state index in [2.05, 4.69) is 16.1 Å². The number of anilines is 1. The van der Waals surface area contributed by atoms with Crippen LogP contribution in [0.3, 0.4) is 0 Å². The van der Waals surface area contributed by atoms with E-state index in [4.69, 9.17) is 16.3 Å². The maximum atomic E-state index is 14.3. The fourth-order valence-corrected chi connectivity index (χ4v) is 3.68. The van der Waals surface area contributed by atoms with Crippen LogP contribution in [0, 0.1) is 15.3 Å². The van der Waals surface area contributed by atoms with E-state index in [-0.39, 0.29) is 34.6 Å². The molecule has 1 aliphatic rings. The molecule has 3 rings (SSSR count). The van der Waals surface area contributed by atoms with Gasteiger partial charge in [-0.15, -0.1) is 0 Å². The number of imide groups is 1. The highest BCUT2D eigenvalue weighted by molar-refractivity contribution is 14.1. The second-order valence-corrected chi connectivity index (χ2v) is 10.8. The van der Waals surface area contributed by atoms with Gasteiger partial charge in [0.1, 0.15) is 11.4 Å². The first-order valence-electron chi connectivity index (χ1n) is 11.0. The fraction of sp³-hybridized carbons (Fsp3) is 0.333. The van der Waals surface area contributed by atoms with Crippen LogP contribution in [0.4, 0.5) is 19.7 Å². The lowest BCUT2D eigenvalue weighted by atomic mass is 10.2. The third-order valence-electron chi connectivity index (χ3n) is 4.87. The standard InChI is InChI=1S/C24H25ClFIN4O5/c1-24(2,3)36-23(35)30-31(22(34)29-21(33)16-8-7-15(27)11-18(16)26)19-10-13(4-9-17(19)25)12-28-20(32)14-5-6-14/h4,7-11,14H,5-6,12H2,1-3H3,(H,28,32)(H,30,35)(H,29,33,34). The van der Waals surface area contributed by atoms with Crippen LogP contribution in [0.2, 0.25) is 5.02 Å². The molecule has 0 bridgehead atoms. The average Bonchev–Trinajstić information content (AvgIpc) is 3.61. The average molecular weight is 631 g/mol. The Morgan fingerprint density at radius 1 is 1.14 bits per heavy atom. The van der Waals surface area contributed by atoms with Gasteiger partial charge in [0, 0.05) is 16.0 Å². The number of rotatable bonds is 5. The van der Waals surface area contributed by atoms with Gasteiger partial charge in [-0.3, -0.25) is 14.9 Å². The van der Waals surface area contributed by atoms with Crippen LogP contribution in [-0.2, 0) is 16.1 Å². The van der Waals surface area contributed by atoms with Crippen molar-refractivity contribution in [2.45, 2.75) is 45.8 Å². The molecule has 1 fully saturated rings. The van der Waals surface area contributed by atoms with Crippen molar-refractivity contribution >= 4 is 63.8 Å². The summed E-state index contributed by atoms with van der Waals surface area (Å²) in [4.78, 5) is 50.2. The lowest BCUT2D eigenvalue weighted by Crippen LogP contribution is -2.53. The van der Waals surface area contributed by atoms with E-state index in [0.717, 1.165) is 18.9 Å². The third-order valence-corrected chi connectivity index (χ3v) is 5.86. The van der Waals surface area contributed by atoms with Crippen molar-refractivity contribution in [1.82, 2.24) is 16.1 Å². The summed E-state index contributed by atoms with van der Waals surface area (Å²) >= 11 is 8.21. The number of amides is 5. The SMILES string of the molecule is CC(C)(C)OC(=O)NN(C(=O)NC(=O)c1ccc(I)cc1F)c1cc(CNC(=O)C2CC2)ccc1Cl. The Balaban J connectivity index is 1.86. The molecule has 9 nitrogen and oxygen atoms in total. The maximum Gasteiger partial charge on any atom is 0.427 e. The molecule has 0 heterocycles.